The van der Waals surface area contributed by atoms with E-state index in [4.69, 9.17) is 9.47 Å². The van der Waals surface area contributed by atoms with Crippen LogP contribution in [0.4, 0.5) is 0 Å². The molecule has 0 aromatic heterocycles. The maximum atomic E-state index is 12.7. The number of aryl methyl sites for hydroxylation is 1. The van der Waals surface area contributed by atoms with Gasteiger partial charge in [0.25, 0.3) is 11.8 Å². The van der Waals surface area contributed by atoms with E-state index in [1.54, 1.807) is 12.1 Å². The molecule has 29 heavy (non-hydrogen) atoms. The molecule has 154 valence electrons. The molecule has 1 fully saturated rings. The number of carbonyl (C=O) groups is 2. The SMILES string of the molecule is CCOc1ccc(OCC(=O)NC2CCN(C(=O)c3ccccc3C)CC2)cc1. The summed E-state index contributed by atoms with van der Waals surface area (Å²) in [6.07, 6.45) is 1.48. The zero-order valence-corrected chi connectivity index (χ0v) is 17.0. The van der Waals surface area contributed by atoms with Crippen molar-refractivity contribution in [3.8, 4) is 11.5 Å². The predicted octanol–water partition coefficient (Wildman–Crippen LogP) is 3.19. The van der Waals surface area contributed by atoms with E-state index in [2.05, 4.69) is 5.32 Å². The summed E-state index contributed by atoms with van der Waals surface area (Å²) in [6.45, 7) is 5.73. The molecular weight excluding hydrogens is 368 g/mol. The lowest BCUT2D eigenvalue weighted by atomic mass is 10.0. The average Bonchev–Trinajstić information content (AvgIpc) is 2.74. The molecule has 2 aromatic carbocycles. The molecule has 2 aromatic rings. The number of piperidine rings is 1. The molecule has 0 spiro atoms. The first kappa shape index (κ1) is 20.7. The van der Waals surface area contributed by atoms with Crippen LogP contribution in [0, 0.1) is 6.92 Å². The van der Waals surface area contributed by atoms with Gasteiger partial charge in [-0.2, -0.15) is 0 Å². The number of likely N-dealkylation sites (tertiary alicyclic amines) is 1. The predicted molar refractivity (Wildman–Crippen MR) is 111 cm³/mol. The van der Waals surface area contributed by atoms with Crippen molar-refractivity contribution in [2.75, 3.05) is 26.3 Å². The Morgan fingerprint density at radius 2 is 1.62 bits per heavy atom. The highest BCUT2D eigenvalue weighted by atomic mass is 16.5. The lowest BCUT2D eigenvalue weighted by Gasteiger charge is -2.32. The van der Waals surface area contributed by atoms with E-state index in [1.165, 1.54) is 0 Å². The first-order chi connectivity index (χ1) is 14.1. The largest absolute Gasteiger partial charge is 0.494 e. The monoisotopic (exact) mass is 396 g/mol. The molecule has 1 aliphatic heterocycles. The summed E-state index contributed by atoms with van der Waals surface area (Å²) in [5.41, 5.74) is 1.73. The molecule has 3 rings (SSSR count). The van der Waals surface area contributed by atoms with Gasteiger partial charge < -0.3 is 19.7 Å². The summed E-state index contributed by atoms with van der Waals surface area (Å²) < 4.78 is 10.9. The number of rotatable bonds is 7. The molecule has 6 nitrogen and oxygen atoms in total. The van der Waals surface area contributed by atoms with Crippen molar-refractivity contribution in [1.82, 2.24) is 10.2 Å². The van der Waals surface area contributed by atoms with Crippen molar-refractivity contribution in [1.29, 1.82) is 0 Å². The molecule has 6 heteroatoms. The van der Waals surface area contributed by atoms with E-state index in [0.29, 0.717) is 25.4 Å². The lowest BCUT2D eigenvalue weighted by molar-refractivity contribution is -0.124. The standard InChI is InChI=1S/C23H28N2O4/c1-3-28-19-8-10-20(11-9-19)29-16-22(26)24-18-12-14-25(15-13-18)23(27)21-7-5-4-6-17(21)2/h4-11,18H,3,12-16H2,1-2H3,(H,24,26). The minimum Gasteiger partial charge on any atom is -0.494 e. The van der Waals surface area contributed by atoms with Gasteiger partial charge >= 0.3 is 0 Å². The van der Waals surface area contributed by atoms with Gasteiger partial charge in [-0.15, -0.1) is 0 Å². The molecule has 0 radical (unpaired) electrons. The van der Waals surface area contributed by atoms with Crippen LogP contribution in [0.25, 0.3) is 0 Å². The first-order valence-electron chi connectivity index (χ1n) is 10.1. The highest BCUT2D eigenvalue weighted by Crippen LogP contribution is 2.18. The molecule has 0 unspecified atom stereocenters. The van der Waals surface area contributed by atoms with Crippen molar-refractivity contribution >= 4 is 11.8 Å². The smallest absolute Gasteiger partial charge is 0.258 e. The van der Waals surface area contributed by atoms with Gasteiger partial charge in [0.15, 0.2) is 6.61 Å². The van der Waals surface area contributed by atoms with E-state index < -0.39 is 0 Å². The van der Waals surface area contributed by atoms with Crippen LogP contribution in [0.3, 0.4) is 0 Å². The van der Waals surface area contributed by atoms with Crippen molar-refractivity contribution in [2.24, 2.45) is 0 Å². The van der Waals surface area contributed by atoms with Gasteiger partial charge in [-0.3, -0.25) is 9.59 Å². The Balaban J connectivity index is 1.41. The lowest BCUT2D eigenvalue weighted by Crippen LogP contribution is -2.47. The zero-order valence-electron chi connectivity index (χ0n) is 17.0. The molecule has 2 amide bonds. The quantitative estimate of drug-likeness (QED) is 0.780. The minimum absolute atomic E-state index is 0.0314. The zero-order chi connectivity index (χ0) is 20.6. The number of carbonyl (C=O) groups excluding carboxylic acids is 2. The summed E-state index contributed by atoms with van der Waals surface area (Å²) in [5.74, 6) is 1.31. The summed E-state index contributed by atoms with van der Waals surface area (Å²) in [7, 11) is 0. The van der Waals surface area contributed by atoms with Crippen LogP contribution in [0.2, 0.25) is 0 Å². The Morgan fingerprint density at radius 3 is 2.24 bits per heavy atom. The Morgan fingerprint density at radius 1 is 1.00 bits per heavy atom. The summed E-state index contributed by atoms with van der Waals surface area (Å²) in [5, 5.41) is 3.00. The number of nitrogens with one attached hydrogen (secondary N) is 1. The second-order valence-electron chi connectivity index (χ2n) is 7.14. The Bertz CT molecular complexity index is 827. The van der Waals surface area contributed by atoms with Crippen LogP contribution in [0.15, 0.2) is 48.5 Å². The van der Waals surface area contributed by atoms with Crippen LogP contribution in [0.1, 0.15) is 35.7 Å². The number of amides is 2. The third-order valence-corrected chi connectivity index (χ3v) is 5.03. The normalized spacial score (nSPS) is 14.3. The minimum atomic E-state index is -0.150. The van der Waals surface area contributed by atoms with Crippen LogP contribution < -0.4 is 14.8 Å². The number of hydrogen-bond donors (Lipinski definition) is 1. The Kier molecular flexibility index (Phi) is 7.11. The fourth-order valence-corrected chi connectivity index (χ4v) is 3.43. The number of benzene rings is 2. The Hall–Kier alpha value is -3.02. The molecule has 1 saturated heterocycles. The second kappa shape index (κ2) is 9.96. The van der Waals surface area contributed by atoms with Crippen LogP contribution >= 0.6 is 0 Å². The van der Waals surface area contributed by atoms with E-state index >= 15 is 0 Å². The van der Waals surface area contributed by atoms with E-state index in [1.807, 2.05) is 55.1 Å². The van der Waals surface area contributed by atoms with E-state index in [9.17, 15) is 9.59 Å². The van der Waals surface area contributed by atoms with Gasteiger partial charge in [0.2, 0.25) is 0 Å². The van der Waals surface area contributed by atoms with Crippen molar-refractivity contribution in [3.05, 3.63) is 59.7 Å². The maximum Gasteiger partial charge on any atom is 0.258 e. The number of nitrogens with zero attached hydrogens (tertiary/aromatic N) is 1. The third kappa shape index (κ3) is 5.73. The van der Waals surface area contributed by atoms with Crippen molar-refractivity contribution < 1.29 is 19.1 Å². The first-order valence-corrected chi connectivity index (χ1v) is 10.1. The topological polar surface area (TPSA) is 67.9 Å². The fourth-order valence-electron chi connectivity index (χ4n) is 3.43. The van der Waals surface area contributed by atoms with Crippen LogP contribution in [-0.2, 0) is 4.79 Å². The molecule has 0 bridgehead atoms. The van der Waals surface area contributed by atoms with E-state index in [-0.39, 0.29) is 24.5 Å². The molecule has 1 aliphatic rings. The molecular formula is C23H28N2O4. The second-order valence-corrected chi connectivity index (χ2v) is 7.14. The molecule has 0 aliphatic carbocycles. The van der Waals surface area contributed by atoms with Crippen LogP contribution in [0.5, 0.6) is 11.5 Å². The van der Waals surface area contributed by atoms with Gasteiger partial charge in [-0.25, -0.2) is 0 Å². The van der Waals surface area contributed by atoms with Gasteiger partial charge in [0, 0.05) is 24.7 Å². The maximum absolute atomic E-state index is 12.7. The molecule has 1 heterocycles. The Labute approximate surface area is 171 Å². The molecule has 0 saturated carbocycles. The summed E-state index contributed by atoms with van der Waals surface area (Å²) in [6, 6.07) is 14.9. The summed E-state index contributed by atoms with van der Waals surface area (Å²) >= 11 is 0. The molecule has 0 atom stereocenters. The van der Waals surface area contributed by atoms with Crippen molar-refractivity contribution in [2.45, 2.75) is 32.7 Å². The van der Waals surface area contributed by atoms with Crippen molar-refractivity contribution in [3.63, 3.8) is 0 Å². The number of ether oxygens (including phenoxy) is 2. The van der Waals surface area contributed by atoms with Gasteiger partial charge in [0.05, 0.1) is 6.61 Å². The summed E-state index contributed by atoms with van der Waals surface area (Å²) in [4.78, 5) is 26.7. The molecule has 1 N–H and O–H groups in total. The van der Waals surface area contributed by atoms with Gasteiger partial charge in [-0.05, 0) is 62.6 Å². The third-order valence-electron chi connectivity index (χ3n) is 5.03. The van der Waals surface area contributed by atoms with Gasteiger partial charge in [-0.1, -0.05) is 18.2 Å². The van der Waals surface area contributed by atoms with Gasteiger partial charge in [0.1, 0.15) is 11.5 Å². The highest BCUT2D eigenvalue weighted by Gasteiger charge is 2.25. The van der Waals surface area contributed by atoms with E-state index in [0.717, 1.165) is 29.7 Å². The van der Waals surface area contributed by atoms with Crippen LogP contribution in [-0.4, -0.2) is 49.1 Å². The average molecular weight is 396 g/mol. The fraction of sp³-hybridized carbons (Fsp3) is 0.391. The number of hydrogen-bond acceptors (Lipinski definition) is 4. The highest BCUT2D eigenvalue weighted by molar-refractivity contribution is 5.95.